The van der Waals surface area contributed by atoms with Gasteiger partial charge in [0.05, 0.1) is 44.5 Å². The fraction of sp³-hybridized carbons (Fsp3) is 0.0123. The summed E-state index contributed by atoms with van der Waals surface area (Å²) in [7, 11) is 0.706. The number of para-hydroxylation sites is 4. The van der Waals surface area contributed by atoms with Gasteiger partial charge in [-0.1, -0.05) is 228 Å². The zero-order chi connectivity index (χ0) is 61.5. The molecule has 1 aliphatic rings. The number of aromatic amines is 1. The van der Waals surface area contributed by atoms with Gasteiger partial charge in [0.2, 0.25) is 0 Å². The summed E-state index contributed by atoms with van der Waals surface area (Å²) in [5.74, 6) is 2.12. The average Bonchev–Trinajstić information content (AvgIpc) is 1.63. The number of nitrogens with zero attached hydrogens (tertiary/aromatic N) is 6. The van der Waals surface area contributed by atoms with Gasteiger partial charge in [0.25, 0.3) is 0 Å². The van der Waals surface area contributed by atoms with Crippen LogP contribution in [0, 0.1) is 0 Å². The van der Waals surface area contributed by atoms with E-state index in [-0.39, 0.29) is 0 Å². The zero-order valence-electron chi connectivity index (χ0n) is 49.6. The standard InChI is InChI=1S/C40H26N4.C23H15BrN2.C18H13BNO2/c1-4-12-26(13-5-1)38-37-33-25-28(20-22-34(33)41-40(37)43-39(42-38)27-14-6-2-7-15-27)29-21-23-36-32(24-29)31-18-10-11-19-35(31)44(36)30-16-8-3-9-17-30;24-18-12-11-17-13-20-21(19(17)14-18)22(15-7-3-1-4-8-15)26-23(25-20)16-9-5-2-6-10-16;21-19-22-14-10-11-18-16(12-14)15-8-4-5-9-17(15)20(18)13-6-2-1-3-7-13/h1-25H,(H,41,42,43);1-12,14H,13H2;1-12,21H. The number of halogens is 1. The Morgan fingerprint density at radius 1 is 0.391 bits per heavy atom. The first-order chi connectivity index (χ1) is 45.5. The molecular formula is C81H54BBrN7O2. The Hall–Kier alpha value is -11.5. The molecule has 2 N–H and O–H groups in total. The molecule has 18 rings (SSSR count). The van der Waals surface area contributed by atoms with Crippen LogP contribution in [0.1, 0.15) is 11.3 Å². The van der Waals surface area contributed by atoms with Gasteiger partial charge in [0, 0.05) is 82.5 Å². The van der Waals surface area contributed by atoms with Crippen molar-refractivity contribution in [2.24, 2.45) is 0 Å². The second-order valence-corrected chi connectivity index (χ2v) is 23.6. The third-order valence-corrected chi connectivity index (χ3v) is 17.7. The summed E-state index contributed by atoms with van der Waals surface area (Å²) in [4.78, 5) is 23.7. The molecule has 5 heterocycles. The van der Waals surface area contributed by atoms with Crippen LogP contribution in [-0.2, 0) is 6.42 Å². The lowest BCUT2D eigenvalue weighted by Crippen LogP contribution is -1.99. The number of H-pyrrole nitrogens is 1. The van der Waals surface area contributed by atoms with Crippen LogP contribution >= 0.6 is 15.9 Å². The van der Waals surface area contributed by atoms with Gasteiger partial charge >= 0.3 is 7.69 Å². The molecule has 5 aromatic heterocycles. The van der Waals surface area contributed by atoms with E-state index < -0.39 is 0 Å². The van der Waals surface area contributed by atoms with Gasteiger partial charge in [0.15, 0.2) is 11.6 Å². The Labute approximate surface area is 539 Å². The summed E-state index contributed by atoms with van der Waals surface area (Å²) in [5.41, 5.74) is 22.1. The summed E-state index contributed by atoms with van der Waals surface area (Å²) in [6.07, 6.45) is 0.847. The van der Waals surface area contributed by atoms with Crippen molar-refractivity contribution in [1.82, 2.24) is 34.1 Å². The monoisotopic (exact) mass is 1250 g/mol. The van der Waals surface area contributed by atoms with Crippen molar-refractivity contribution in [3.8, 4) is 84.7 Å². The van der Waals surface area contributed by atoms with E-state index in [1.165, 1.54) is 38.5 Å². The average molecular weight is 1250 g/mol. The minimum absolute atomic E-state index is 0.617. The van der Waals surface area contributed by atoms with Crippen LogP contribution in [0.5, 0.6) is 5.75 Å². The second-order valence-electron chi connectivity index (χ2n) is 22.7. The van der Waals surface area contributed by atoms with Crippen molar-refractivity contribution in [3.05, 3.63) is 319 Å². The highest BCUT2D eigenvalue weighted by Crippen LogP contribution is 2.44. The largest absolute Gasteiger partial charge is 0.569 e. The predicted octanol–water partition coefficient (Wildman–Crippen LogP) is 20.0. The van der Waals surface area contributed by atoms with Crippen LogP contribution in [0.15, 0.2) is 308 Å². The molecule has 0 saturated heterocycles. The van der Waals surface area contributed by atoms with Crippen molar-refractivity contribution in [1.29, 1.82) is 0 Å². The van der Waals surface area contributed by atoms with E-state index in [1.54, 1.807) is 0 Å². The fourth-order valence-electron chi connectivity index (χ4n) is 13.0. The maximum absolute atomic E-state index is 8.84. The highest BCUT2D eigenvalue weighted by atomic mass is 79.9. The van der Waals surface area contributed by atoms with E-state index in [4.69, 9.17) is 29.6 Å². The molecule has 0 bridgehead atoms. The lowest BCUT2D eigenvalue weighted by molar-refractivity contribution is 0.454. The van der Waals surface area contributed by atoms with Crippen molar-refractivity contribution < 1.29 is 9.68 Å². The minimum Gasteiger partial charge on any atom is -0.537 e. The Kier molecular flexibility index (Phi) is 14.6. The highest BCUT2D eigenvalue weighted by molar-refractivity contribution is 9.10. The van der Waals surface area contributed by atoms with Gasteiger partial charge in [-0.2, -0.15) is 0 Å². The molecule has 0 saturated carbocycles. The van der Waals surface area contributed by atoms with E-state index in [0.29, 0.717) is 19.3 Å². The number of hydrogen-bond acceptors (Lipinski definition) is 6. The molecule has 0 spiro atoms. The van der Waals surface area contributed by atoms with E-state index in [0.717, 1.165) is 122 Å². The van der Waals surface area contributed by atoms with E-state index in [1.807, 2.05) is 97.1 Å². The third-order valence-electron chi connectivity index (χ3n) is 17.2. The van der Waals surface area contributed by atoms with Crippen LogP contribution in [0.4, 0.5) is 0 Å². The Morgan fingerprint density at radius 2 is 0.859 bits per heavy atom. The number of fused-ring (bicyclic) bond motifs is 12. The van der Waals surface area contributed by atoms with Crippen molar-refractivity contribution in [3.63, 3.8) is 0 Å². The van der Waals surface area contributed by atoms with E-state index in [2.05, 4.69) is 236 Å². The Morgan fingerprint density at radius 3 is 1.45 bits per heavy atom. The van der Waals surface area contributed by atoms with E-state index in [9.17, 15) is 0 Å². The van der Waals surface area contributed by atoms with Crippen molar-refractivity contribution >= 4 is 89.2 Å². The molecule has 1 radical (unpaired) electrons. The first-order valence-electron chi connectivity index (χ1n) is 30.5. The van der Waals surface area contributed by atoms with Crippen LogP contribution in [0.2, 0.25) is 0 Å². The van der Waals surface area contributed by atoms with Crippen LogP contribution < -0.4 is 4.65 Å². The fourth-order valence-corrected chi connectivity index (χ4v) is 13.4. The molecule has 0 aliphatic heterocycles. The Balaban J connectivity index is 0.000000119. The predicted molar refractivity (Wildman–Crippen MR) is 380 cm³/mol. The maximum Gasteiger partial charge on any atom is 0.569 e. The number of rotatable bonds is 9. The zero-order valence-corrected chi connectivity index (χ0v) is 51.2. The van der Waals surface area contributed by atoms with Crippen LogP contribution in [0.3, 0.4) is 0 Å². The normalized spacial score (nSPS) is 11.5. The van der Waals surface area contributed by atoms with Crippen molar-refractivity contribution in [2.75, 3.05) is 0 Å². The molecule has 0 unspecified atom stereocenters. The molecule has 1 aliphatic carbocycles. The third kappa shape index (κ3) is 10.3. The smallest absolute Gasteiger partial charge is 0.537 e. The van der Waals surface area contributed by atoms with Gasteiger partial charge in [0.1, 0.15) is 11.4 Å². The summed E-state index contributed by atoms with van der Waals surface area (Å²) >= 11 is 3.61. The van der Waals surface area contributed by atoms with Crippen molar-refractivity contribution in [2.45, 2.75) is 6.42 Å². The SMILES string of the molecule is Brc1ccc2c(c1)-c1c(nc(-c3ccccc3)nc1-c1ccccc1)C2.O[B]Oc1ccc2c(c1)c1ccccc1n2-c1ccccc1.c1ccc(-c2nc(-c3ccccc3)c3c(n2)[nH]c2ccc(-c4ccc5c(c4)c4ccccc4n5-c4ccccc4)cc23)cc1. The minimum atomic E-state index is 0.617. The number of aromatic nitrogens is 7. The molecule has 92 heavy (non-hydrogen) atoms. The molecule has 0 fully saturated rings. The first kappa shape index (κ1) is 55.8. The molecule has 9 nitrogen and oxygen atoms in total. The van der Waals surface area contributed by atoms with Gasteiger partial charge in [-0.3, -0.25) is 0 Å². The summed E-state index contributed by atoms with van der Waals surface area (Å²) < 4.78 is 10.8. The Bertz CT molecular complexity index is 5570. The van der Waals surface area contributed by atoms with Gasteiger partial charge in [-0.15, -0.1) is 0 Å². The number of hydrogen-bond donors (Lipinski definition) is 2. The molecule has 0 amide bonds. The second kappa shape index (κ2) is 24.1. The summed E-state index contributed by atoms with van der Waals surface area (Å²) in [5, 5.41) is 15.7. The van der Waals surface area contributed by atoms with Crippen LogP contribution in [-0.4, -0.2) is 46.8 Å². The van der Waals surface area contributed by atoms with Gasteiger partial charge in [-0.25, -0.2) is 19.9 Å². The summed E-state index contributed by atoms with van der Waals surface area (Å²) in [6, 6.07) is 105. The van der Waals surface area contributed by atoms with Crippen LogP contribution in [0.25, 0.3) is 144 Å². The topological polar surface area (TPSA) is 107 Å². The molecule has 12 aromatic carbocycles. The highest BCUT2D eigenvalue weighted by Gasteiger charge is 2.27. The molecule has 11 heteroatoms. The first-order valence-corrected chi connectivity index (χ1v) is 31.3. The number of nitrogens with one attached hydrogen (secondary N) is 1. The quantitative estimate of drug-likeness (QED) is 0.139. The maximum atomic E-state index is 8.84. The lowest BCUT2D eigenvalue weighted by atomic mass is 9.99. The lowest BCUT2D eigenvalue weighted by Gasteiger charge is -2.11. The molecular weight excluding hydrogens is 1190 g/mol. The molecule has 0 atom stereocenters. The number of benzene rings is 12. The van der Waals surface area contributed by atoms with E-state index >= 15 is 0 Å². The summed E-state index contributed by atoms with van der Waals surface area (Å²) in [6.45, 7) is 0. The molecule has 435 valence electrons. The molecule has 17 aromatic rings. The van der Waals surface area contributed by atoms with Gasteiger partial charge < -0.3 is 23.8 Å². The van der Waals surface area contributed by atoms with Gasteiger partial charge in [-0.05, 0) is 113 Å².